The number of hydrogen-bond donors (Lipinski definition) is 1. The van der Waals surface area contributed by atoms with Crippen molar-refractivity contribution in [3.05, 3.63) is 36.5 Å². The number of aromatic nitrogens is 8. The summed E-state index contributed by atoms with van der Waals surface area (Å²) in [7, 11) is 0. The van der Waals surface area contributed by atoms with E-state index in [1.165, 1.54) is 4.68 Å². The minimum Gasteiger partial charge on any atom is -0.396 e. The highest BCUT2D eigenvalue weighted by Gasteiger charge is 2.27. The van der Waals surface area contributed by atoms with Crippen LogP contribution in [0.1, 0.15) is 43.8 Å². The van der Waals surface area contributed by atoms with Crippen LogP contribution in [0.5, 0.6) is 0 Å². The van der Waals surface area contributed by atoms with Crippen LogP contribution in [0, 0.1) is 5.92 Å². The van der Waals surface area contributed by atoms with Gasteiger partial charge in [-0.1, -0.05) is 5.21 Å². The maximum absolute atomic E-state index is 13.9. The molecule has 2 aliphatic rings. The Balaban J connectivity index is 1.31. The Morgan fingerprint density at radius 3 is 2.67 bits per heavy atom. The van der Waals surface area contributed by atoms with Crippen molar-refractivity contribution in [2.24, 2.45) is 5.92 Å². The standard InChI is InChI=1S/C23H27F2N9OS/c24-22(25)21-19(13-33(29-21)16-3-1-15(14-35)2-4-16)34-12-18(28-30-34)17-11-26-32-6-5-20(27-23(17)32)31-7-9-36-10-8-31/h5-6,11-13,15-16,22,35H,1-4,7-10,14H2. The zero-order valence-electron chi connectivity index (χ0n) is 19.6. The van der Waals surface area contributed by atoms with Crippen LogP contribution in [-0.4, -0.2) is 75.7 Å². The Morgan fingerprint density at radius 1 is 1.11 bits per heavy atom. The third-order valence-corrected chi connectivity index (χ3v) is 8.04. The first-order chi connectivity index (χ1) is 17.6. The second-order valence-electron chi connectivity index (χ2n) is 9.30. The summed E-state index contributed by atoms with van der Waals surface area (Å²) in [5.74, 6) is 3.29. The molecule has 6 rings (SSSR count). The van der Waals surface area contributed by atoms with Gasteiger partial charge in [0.25, 0.3) is 6.43 Å². The topological polar surface area (TPSA) is 102 Å². The monoisotopic (exact) mass is 515 g/mol. The van der Waals surface area contributed by atoms with Crippen molar-refractivity contribution in [1.82, 2.24) is 39.4 Å². The number of anilines is 1. The molecule has 10 nitrogen and oxygen atoms in total. The van der Waals surface area contributed by atoms with E-state index in [0.29, 0.717) is 16.9 Å². The van der Waals surface area contributed by atoms with Crippen LogP contribution in [0.2, 0.25) is 0 Å². The van der Waals surface area contributed by atoms with E-state index in [1.807, 2.05) is 24.0 Å². The predicted molar refractivity (Wildman–Crippen MR) is 132 cm³/mol. The predicted octanol–water partition coefficient (Wildman–Crippen LogP) is 3.39. The van der Waals surface area contributed by atoms with Gasteiger partial charge in [0.05, 0.1) is 30.2 Å². The minimum absolute atomic E-state index is 0.0254. The van der Waals surface area contributed by atoms with Crippen molar-refractivity contribution < 1.29 is 13.9 Å². The van der Waals surface area contributed by atoms with Crippen LogP contribution in [0.3, 0.4) is 0 Å². The van der Waals surface area contributed by atoms with Crippen molar-refractivity contribution in [2.45, 2.75) is 38.2 Å². The van der Waals surface area contributed by atoms with Gasteiger partial charge in [-0.3, -0.25) is 4.68 Å². The third kappa shape index (κ3) is 4.34. The number of nitrogens with zero attached hydrogens (tertiary/aromatic N) is 9. The van der Waals surface area contributed by atoms with E-state index >= 15 is 0 Å². The second kappa shape index (κ2) is 9.77. The molecule has 0 aromatic carbocycles. The zero-order valence-corrected chi connectivity index (χ0v) is 20.4. The molecule has 5 heterocycles. The van der Waals surface area contributed by atoms with Crippen molar-refractivity contribution in [1.29, 1.82) is 0 Å². The van der Waals surface area contributed by atoms with Crippen LogP contribution in [-0.2, 0) is 0 Å². The molecule has 4 aromatic rings. The molecule has 0 bridgehead atoms. The molecule has 0 atom stereocenters. The Labute approximate surface area is 210 Å². The van der Waals surface area contributed by atoms with E-state index in [0.717, 1.165) is 56.1 Å². The van der Waals surface area contributed by atoms with Crippen molar-refractivity contribution >= 4 is 23.2 Å². The highest BCUT2D eigenvalue weighted by Crippen LogP contribution is 2.34. The molecule has 0 spiro atoms. The normalized spacial score (nSPS) is 21.1. The number of aliphatic hydroxyl groups excluding tert-OH is 1. The molecule has 13 heteroatoms. The van der Waals surface area contributed by atoms with Crippen LogP contribution in [0.25, 0.3) is 22.6 Å². The number of halogens is 2. The lowest BCUT2D eigenvalue weighted by atomic mass is 9.87. The molecular weight excluding hydrogens is 488 g/mol. The number of hydrogen-bond acceptors (Lipinski definition) is 8. The van der Waals surface area contributed by atoms with Gasteiger partial charge < -0.3 is 10.0 Å². The first-order valence-electron chi connectivity index (χ1n) is 12.2. The van der Waals surface area contributed by atoms with Crippen LogP contribution >= 0.6 is 11.8 Å². The lowest BCUT2D eigenvalue weighted by molar-refractivity contribution is 0.141. The van der Waals surface area contributed by atoms with E-state index in [4.69, 9.17) is 4.98 Å². The highest BCUT2D eigenvalue weighted by atomic mass is 32.2. The summed E-state index contributed by atoms with van der Waals surface area (Å²) in [5, 5.41) is 26.4. The molecule has 36 heavy (non-hydrogen) atoms. The molecule has 1 saturated carbocycles. The highest BCUT2D eigenvalue weighted by molar-refractivity contribution is 7.99. The number of alkyl halides is 2. The van der Waals surface area contributed by atoms with Gasteiger partial charge in [0, 0.05) is 37.4 Å². The molecule has 0 radical (unpaired) electrons. The largest absolute Gasteiger partial charge is 0.396 e. The van der Waals surface area contributed by atoms with Crippen molar-refractivity contribution in [3.8, 4) is 16.9 Å². The lowest BCUT2D eigenvalue weighted by Gasteiger charge is -2.27. The number of thioether (sulfide) groups is 1. The summed E-state index contributed by atoms with van der Waals surface area (Å²) in [6, 6.07) is 1.98. The first kappa shape index (κ1) is 23.3. The van der Waals surface area contributed by atoms with E-state index in [1.54, 1.807) is 27.8 Å². The van der Waals surface area contributed by atoms with Gasteiger partial charge in [-0.25, -0.2) is 23.0 Å². The Hall–Kier alpha value is -3.06. The van der Waals surface area contributed by atoms with Crippen LogP contribution in [0.15, 0.2) is 30.9 Å². The summed E-state index contributed by atoms with van der Waals surface area (Å²) in [6.07, 6.45) is 7.35. The van der Waals surface area contributed by atoms with Crippen molar-refractivity contribution in [2.75, 3.05) is 36.1 Å². The summed E-state index contributed by atoms with van der Waals surface area (Å²) in [6.45, 7) is 2.04. The maximum atomic E-state index is 13.9. The van der Waals surface area contributed by atoms with Gasteiger partial charge in [0.15, 0.2) is 11.3 Å². The number of rotatable bonds is 6. The van der Waals surface area contributed by atoms with Gasteiger partial charge in [0.2, 0.25) is 0 Å². The quantitative estimate of drug-likeness (QED) is 0.417. The molecular formula is C23H27F2N9OS. The Kier molecular flexibility index (Phi) is 6.34. The Morgan fingerprint density at radius 2 is 1.92 bits per heavy atom. The summed E-state index contributed by atoms with van der Waals surface area (Å²) in [4.78, 5) is 7.08. The molecule has 0 amide bonds. The molecule has 2 fully saturated rings. The van der Waals surface area contributed by atoms with Crippen molar-refractivity contribution in [3.63, 3.8) is 0 Å². The maximum Gasteiger partial charge on any atom is 0.284 e. The summed E-state index contributed by atoms with van der Waals surface area (Å²) in [5.41, 5.74) is 1.72. The lowest BCUT2D eigenvalue weighted by Crippen LogP contribution is -2.33. The van der Waals surface area contributed by atoms with Gasteiger partial charge in [-0.05, 0) is 37.7 Å². The third-order valence-electron chi connectivity index (χ3n) is 7.10. The van der Waals surface area contributed by atoms with E-state index < -0.39 is 6.43 Å². The zero-order chi connectivity index (χ0) is 24.6. The Bertz CT molecular complexity index is 1340. The molecule has 1 saturated heterocycles. The minimum atomic E-state index is -2.74. The number of aliphatic hydroxyl groups is 1. The van der Waals surface area contributed by atoms with Gasteiger partial charge in [0.1, 0.15) is 17.2 Å². The molecule has 4 aromatic heterocycles. The smallest absolute Gasteiger partial charge is 0.284 e. The first-order valence-corrected chi connectivity index (χ1v) is 13.3. The van der Waals surface area contributed by atoms with Crippen LogP contribution < -0.4 is 4.90 Å². The summed E-state index contributed by atoms with van der Waals surface area (Å²) >= 11 is 1.94. The fourth-order valence-electron chi connectivity index (χ4n) is 5.02. The molecule has 1 aliphatic heterocycles. The van der Waals surface area contributed by atoms with E-state index in [9.17, 15) is 13.9 Å². The molecule has 1 aliphatic carbocycles. The fraction of sp³-hybridized carbons (Fsp3) is 0.522. The number of fused-ring (bicyclic) bond motifs is 1. The fourth-order valence-corrected chi connectivity index (χ4v) is 5.92. The average molecular weight is 516 g/mol. The van der Waals surface area contributed by atoms with Crippen LogP contribution in [0.4, 0.5) is 14.6 Å². The van der Waals surface area contributed by atoms with E-state index in [2.05, 4.69) is 25.4 Å². The van der Waals surface area contributed by atoms with Gasteiger partial charge >= 0.3 is 0 Å². The molecule has 1 N–H and O–H groups in total. The van der Waals surface area contributed by atoms with Gasteiger partial charge in [-0.15, -0.1) is 5.10 Å². The average Bonchev–Trinajstić information content (AvgIpc) is 3.66. The SMILES string of the molecule is OCC1CCC(n2cc(-n3cc(-c4cnn5ccc(N6CCSCC6)nc45)nn3)c(C(F)F)n2)CC1. The van der Waals surface area contributed by atoms with Gasteiger partial charge in [-0.2, -0.15) is 22.0 Å². The second-order valence-corrected chi connectivity index (χ2v) is 10.5. The molecule has 190 valence electrons. The summed E-state index contributed by atoms with van der Waals surface area (Å²) < 4.78 is 32.5. The van der Waals surface area contributed by atoms with E-state index in [-0.39, 0.29) is 29.9 Å². The molecule has 0 unspecified atom stereocenters.